The third kappa shape index (κ3) is 5.45. The van der Waals surface area contributed by atoms with Gasteiger partial charge in [0.15, 0.2) is 0 Å². The average Bonchev–Trinajstić information content (AvgIpc) is 2.98. The summed E-state index contributed by atoms with van der Waals surface area (Å²) < 4.78 is 5.22. The van der Waals surface area contributed by atoms with Crippen LogP contribution >= 0.6 is 11.3 Å². The zero-order valence-electron chi connectivity index (χ0n) is 17.3. The van der Waals surface area contributed by atoms with E-state index in [9.17, 15) is 14.4 Å². The van der Waals surface area contributed by atoms with E-state index in [0.29, 0.717) is 36.6 Å². The van der Waals surface area contributed by atoms with Crippen LogP contribution < -0.4 is 5.32 Å². The van der Waals surface area contributed by atoms with Crippen molar-refractivity contribution in [3.05, 3.63) is 16.0 Å². The molecule has 0 aromatic carbocycles. The highest BCUT2D eigenvalue weighted by molar-refractivity contribution is 7.17. The first kappa shape index (κ1) is 22.2. The fourth-order valence-electron chi connectivity index (χ4n) is 3.10. The Labute approximate surface area is 170 Å². The number of hydrogen-bond donors (Lipinski definition) is 1. The number of nitrogens with one attached hydrogen (secondary N) is 1. The van der Waals surface area contributed by atoms with Crippen molar-refractivity contribution in [1.29, 1.82) is 0 Å². The SMILES string of the molecule is CCOC(=O)c1c(NC(=O)N(C)CCCN(C)C)sc2c1CCN(C(C)=O)C2. The van der Waals surface area contributed by atoms with Gasteiger partial charge in [0.25, 0.3) is 0 Å². The number of thiophene rings is 1. The van der Waals surface area contributed by atoms with E-state index < -0.39 is 5.97 Å². The Bertz CT molecular complexity index is 732. The molecule has 0 radical (unpaired) electrons. The molecular formula is C19H30N4O4S. The molecule has 1 aliphatic rings. The summed E-state index contributed by atoms with van der Waals surface area (Å²) in [6, 6.07) is -0.258. The maximum Gasteiger partial charge on any atom is 0.341 e. The minimum absolute atomic E-state index is 0.00273. The number of carbonyl (C=O) groups is 3. The summed E-state index contributed by atoms with van der Waals surface area (Å²) in [6.45, 7) is 6.07. The second-order valence-corrected chi connectivity index (χ2v) is 8.23. The lowest BCUT2D eigenvalue weighted by atomic mass is 10.0. The molecule has 0 saturated heterocycles. The first-order valence-corrected chi connectivity index (χ1v) is 10.3. The number of amides is 3. The van der Waals surface area contributed by atoms with E-state index in [1.165, 1.54) is 18.3 Å². The van der Waals surface area contributed by atoms with E-state index in [2.05, 4.69) is 10.2 Å². The molecule has 0 aliphatic carbocycles. The molecule has 0 atom stereocenters. The van der Waals surface area contributed by atoms with Crippen molar-refractivity contribution in [2.75, 3.05) is 52.7 Å². The van der Waals surface area contributed by atoms with Crippen LogP contribution in [0.25, 0.3) is 0 Å². The third-order valence-corrected chi connectivity index (χ3v) is 5.78. The molecule has 3 amide bonds. The number of esters is 1. The summed E-state index contributed by atoms with van der Waals surface area (Å²) in [5.41, 5.74) is 1.31. The normalized spacial score (nSPS) is 13.3. The predicted octanol–water partition coefficient (Wildman–Crippen LogP) is 2.24. The number of urea groups is 1. The molecule has 0 spiro atoms. The van der Waals surface area contributed by atoms with Gasteiger partial charge in [-0.25, -0.2) is 9.59 Å². The highest BCUT2D eigenvalue weighted by Gasteiger charge is 2.30. The van der Waals surface area contributed by atoms with Gasteiger partial charge in [-0.1, -0.05) is 0 Å². The van der Waals surface area contributed by atoms with Gasteiger partial charge in [-0.15, -0.1) is 11.3 Å². The molecule has 1 aliphatic heterocycles. The molecule has 8 nitrogen and oxygen atoms in total. The van der Waals surface area contributed by atoms with Crippen molar-refractivity contribution in [3.63, 3.8) is 0 Å². The number of hydrogen-bond acceptors (Lipinski definition) is 6. The van der Waals surface area contributed by atoms with Gasteiger partial charge in [0, 0.05) is 31.9 Å². The van der Waals surface area contributed by atoms with Gasteiger partial charge in [-0.05, 0) is 46.0 Å². The third-order valence-electron chi connectivity index (χ3n) is 4.65. The zero-order chi connectivity index (χ0) is 20.8. The molecule has 0 unspecified atom stereocenters. The second kappa shape index (κ2) is 9.88. The Morgan fingerprint density at radius 2 is 1.93 bits per heavy atom. The summed E-state index contributed by atoms with van der Waals surface area (Å²) in [6.07, 6.45) is 1.43. The maximum absolute atomic E-state index is 12.6. The van der Waals surface area contributed by atoms with Crippen molar-refractivity contribution in [2.24, 2.45) is 0 Å². The Morgan fingerprint density at radius 1 is 1.21 bits per heavy atom. The fraction of sp³-hybridized carbons (Fsp3) is 0.632. The molecule has 2 heterocycles. The van der Waals surface area contributed by atoms with E-state index in [4.69, 9.17) is 4.74 Å². The van der Waals surface area contributed by atoms with Crippen LogP contribution in [0.5, 0.6) is 0 Å². The Balaban J connectivity index is 2.19. The number of ether oxygens (including phenoxy) is 1. The summed E-state index contributed by atoms with van der Waals surface area (Å²) in [5.74, 6) is -0.426. The lowest BCUT2D eigenvalue weighted by Gasteiger charge is -2.25. The Hall–Kier alpha value is -2.13. The van der Waals surface area contributed by atoms with Gasteiger partial charge in [0.1, 0.15) is 5.00 Å². The molecule has 0 saturated carbocycles. The van der Waals surface area contributed by atoms with Gasteiger partial charge in [-0.2, -0.15) is 0 Å². The number of rotatable bonds is 7. The molecule has 0 fully saturated rings. The van der Waals surface area contributed by atoms with Gasteiger partial charge in [-0.3, -0.25) is 10.1 Å². The highest BCUT2D eigenvalue weighted by Crippen LogP contribution is 2.37. The standard InChI is InChI=1S/C19H30N4O4S/c1-6-27-18(25)16-14-8-11-23(13(2)24)12-15(14)28-17(16)20-19(26)22(5)10-7-9-21(3)4/h6-12H2,1-5H3,(H,20,26). The van der Waals surface area contributed by atoms with Crippen molar-refractivity contribution in [2.45, 2.75) is 33.2 Å². The molecule has 0 bridgehead atoms. The van der Waals surface area contributed by atoms with Crippen molar-refractivity contribution in [1.82, 2.24) is 14.7 Å². The number of fused-ring (bicyclic) bond motifs is 1. The van der Waals surface area contributed by atoms with Crippen LogP contribution in [0.1, 0.15) is 41.1 Å². The molecule has 9 heteroatoms. The summed E-state index contributed by atoms with van der Waals surface area (Å²) >= 11 is 1.35. The minimum atomic E-state index is -0.429. The van der Waals surface area contributed by atoms with Gasteiger partial charge in [0.2, 0.25) is 5.91 Å². The Kier molecular flexibility index (Phi) is 7.82. The fourth-order valence-corrected chi connectivity index (χ4v) is 4.34. The second-order valence-electron chi connectivity index (χ2n) is 7.13. The smallest absolute Gasteiger partial charge is 0.341 e. The minimum Gasteiger partial charge on any atom is -0.462 e. The van der Waals surface area contributed by atoms with Crippen molar-refractivity contribution >= 4 is 34.2 Å². The van der Waals surface area contributed by atoms with Crippen LogP contribution in [0.4, 0.5) is 9.80 Å². The monoisotopic (exact) mass is 410 g/mol. The zero-order valence-corrected chi connectivity index (χ0v) is 18.1. The lowest BCUT2D eigenvalue weighted by molar-refractivity contribution is -0.129. The molecule has 2 rings (SSSR count). The van der Waals surface area contributed by atoms with Crippen molar-refractivity contribution < 1.29 is 19.1 Å². The van der Waals surface area contributed by atoms with E-state index in [0.717, 1.165) is 23.4 Å². The molecule has 28 heavy (non-hydrogen) atoms. The van der Waals surface area contributed by atoms with Crippen molar-refractivity contribution in [3.8, 4) is 0 Å². The highest BCUT2D eigenvalue weighted by atomic mass is 32.1. The largest absolute Gasteiger partial charge is 0.462 e. The van der Waals surface area contributed by atoms with Crippen LogP contribution in [0.2, 0.25) is 0 Å². The lowest BCUT2D eigenvalue weighted by Crippen LogP contribution is -2.34. The van der Waals surface area contributed by atoms with Gasteiger partial charge < -0.3 is 19.4 Å². The summed E-state index contributed by atoms with van der Waals surface area (Å²) in [4.78, 5) is 43.2. The topological polar surface area (TPSA) is 82.2 Å². The van der Waals surface area contributed by atoms with Crippen LogP contribution in [-0.2, 0) is 22.5 Å². The van der Waals surface area contributed by atoms with Crippen LogP contribution in [-0.4, -0.2) is 80.0 Å². The first-order valence-electron chi connectivity index (χ1n) is 9.48. The van der Waals surface area contributed by atoms with Crippen LogP contribution in [0, 0.1) is 0 Å². The number of nitrogens with zero attached hydrogens (tertiary/aromatic N) is 3. The van der Waals surface area contributed by atoms with Crippen LogP contribution in [0.15, 0.2) is 0 Å². The first-order chi connectivity index (χ1) is 13.2. The van der Waals surface area contributed by atoms with E-state index in [1.807, 2.05) is 14.1 Å². The quantitative estimate of drug-likeness (QED) is 0.697. The number of carbonyl (C=O) groups excluding carboxylic acids is 3. The molecule has 1 N–H and O–H groups in total. The predicted molar refractivity (Wildman–Crippen MR) is 110 cm³/mol. The summed E-state index contributed by atoms with van der Waals surface area (Å²) in [5, 5.41) is 3.38. The van der Waals surface area contributed by atoms with Crippen LogP contribution in [0.3, 0.4) is 0 Å². The van der Waals surface area contributed by atoms with Gasteiger partial charge in [0.05, 0.1) is 18.7 Å². The molecule has 1 aromatic heterocycles. The van der Waals surface area contributed by atoms with E-state index >= 15 is 0 Å². The Morgan fingerprint density at radius 3 is 2.54 bits per heavy atom. The molecule has 156 valence electrons. The molecular weight excluding hydrogens is 380 g/mol. The number of anilines is 1. The van der Waals surface area contributed by atoms with Gasteiger partial charge >= 0.3 is 12.0 Å². The average molecular weight is 411 g/mol. The van der Waals surface area contributed by atoms with E-state index in [-0.39, 0.29) is 18.5 Å². The molecule has 1 aromatic rings. The maximum atomic E-state index is 12.6. The van der Waals surface area contributed by atoms with E-state index in [1.54, 1.807) is 23.8 Å². The summed E-state index contributed by atoms with van der Waals surface area (Å²) in [7, 11) is 5.72.